The van der Waals surface area contributed by atoms with Crippen molar-refractivity contribution in [2.24, 2.45) is 0 Å². The Bertz CT molecular complexity index is 815. The molecule has 4 heteroatoms. The van der Waals surface area contributed by atoms with Crippen molar-refractivity contribution in [3.8, 4) is 0 Å². The molecule has 0 bridgehead atoms. The summed E-state index contributed by atoms with van der Waals surface area (Å²) in [5.74, 6) is 0.416. The summed E-state index contributed by atoms with van der Waals surface area (Å²) in [4.78, 5) is 12.2. The van der Waals surface area contributed by atoms with Crippen molar-refractivity contribution in [2.45, 2.75) is 18.9 Å². The van der Waals surface area contributed by atoms with E-state index in [-0.39, 0.29) is 5.69 Å². The van der Waals surface area contributed by atoms with Crippen molar-refractivity contribution in [1.82, 2.24) is 14.2 Å². The minimum absolute atomic E-state index is 0.0556. The molecule has 1 aliphatic rings. The molecule has 1 atom stereocenters. The van der Waals surface area contributed by atoms with E-state index in [4.69, 9.17) is 0 Å². The Hall–Kier alpha value is -2.36. The maximum atomic E-state index is 12.2. The van der Waals surface area contributed by atoms with E-state index in [1.165, 1.54) is 11.1 Å². The zero-order valence-corrected chi connectivity index (χ0v) is 10.4. The van der Waals surface area contributed by atoms with Crippen LogP contribution >= 0.6 is 0 Å². The minimum atomic E-state index is -0.0556. The largest absolute Gasteiger partial charge is 0.350 e. The second-order valence-electron chi connectivity index (χ2n) is 4.99. The van der Waals surface area contributed by atoms with E-state index in [2.05, 4.69) is 29.4 Å². The van der Waals surface area contributed by atoms with Crippen LogP contribution in [0.4, 0.5) is 0 Å². The molecule has 0 radical (unpaired) electrons. The number of fused-ring (bicyclic) bond motifs is 2. The Morgan fingerprint density at radius 2 is 2.00 bits per heavy atom. The number of nitrogens with zero attached hydrogens (tertiary/aromatic N) is 3. The summed E-state index contributed by atoms with van der Waals surface area (Å²) in [5.41, 5.74) is 3.40. The second kappa shape index (κ2) is 3.82. The second-order valence-corrected chi connectivity index (χ2v) is 4.99. The third kappa shape index (κ3) is 1.53. The van der Waals surface area contributed by atoms with Crippen LogP contribution in [-0.2, 0) is 13.0 Å². The fraction of sp³-hybridized carbons (Fsp3) is 0.200. The predicted molar refractivity (Wildman–Crippen MR) is 72.3 cm³/mol. The van der Waals surface area contributed by atoms with Crippen molar-refractivity contribution in [2.75, 3.05) is 0 Å². The Labute approximate surface area is 109 Å². The molecule has 0 saturated heterocycles. The van der Waals surface area contributed by atoms with Crippen molar-refractivity contribution < 1.29 is 0 Å². The van der Waals surface area contributed by atoms with Gasteiger partial charge in [0.25, 0.3) is 0 Å². The van der Waals surface area contributed by atoms with Gasteiger partial charge in [-0.15, -0.1) is 5.10 Å². The molecule has 1 aromatic carbocycles. The third-order valence-corrected chi connectivity index (χ3v) is 3.84. The lowest BCUT2D eigenvalue weighted by molar-refractivity contribution is 0.465. The van der Waals surface area contributed by atoms with E-state index in [9.17, 15) is 4.79 Å². The molecule has 1 unspecified atom stereocenters. The molecule has 0 spiro atoms. The molecule has 4 rings (SSSR count). The highest BCUT2D eigenvalue weighted by atomic mass is 16.2. The molecular formula is C15H13N3O. The van der Waals surface area contributed by atoms with E-state index in [1.54, 1.807) is 15.3 Å². The lowest BCUT2D eigenvalue weighted by Crippen LogP contribution is -2.28. The predicted octanol–water partition coefficient (Wildman–Crippen LogP) is 1.84. The molecule has 19 heavy (non-hydrogen) atoms. The van der Waals surface area contributed by atoms with Gasteiger partial charge in [0, 0.05) is 12.1 Å². The Morgan fingerprint density at radius 1 is 1.16 bits per heavy atom. The smallest absolute Gasteiger partial charge is 0.250 e. The average Bonchev–Trinajstić information content (AvgIpc) is 2.73. The van der Waals surface area contributed by atoms with Crippen LogP contribution in [0.15, 0.2) is 53.5 Å². The summed E-state index contributed by atoms with van der Waals surface area (Å²) >= 11 is 0. The van der Waals surface area contributed by atoms with E-state index >= 15 is 0 Å². The van der Waals surface area contributed by atoms with Crippen LogP contribution in [0.2, 0.25) is 0 Å². The van der Waals surface area contributed by atoms with Gasteiger partial charge in [-0.25, -0.2) is 9.48 Å². The molecule has 2 aromatic heterocycles. The zero-order valence-electron chi connectivity index (χ0n) is 10.4. The summed E-state index contributed by atoms with van der Waals surface area (Å²) in [6, 6.07) is 14.0. The van der Waals surface area contributed by atoms with Crippen molar-refractivity contribution in [3.05, 3.63) is 70.3 Å². The van der Waals surface area contributed by atoms with Gasteiger partial charge in [-0.1, -0.05) is 30.3 Å². The van der Waals surface area contributed by atoms with Gasteiger partial charge in [0.15, 0.2) is 5.65 Å². The molecule has 3 aromatic rings. The van der Waals surface area contributed by atoms with E-state index in [1.807, 2.05) is 18.2 Å². The molecule has 0 N–H and O–H groups in total. The first-order chi connectivity index (χ1) is 9.33. The normalized spacial score (nSPS) is 17.2. The van der Waals surface area contributed by atoms with Gasteiger partial charge in [-0.05, 0) is 29.7 Å². The first-order valence-electron chi connectivity index (χ1n) is 6.45. The van der Waals surface area contributed by atoms with E-state index < -0.39 is 0 Å². The molecule has 0 aliphatic heterocycles. The molecule has 94 valence electrons. The van der Waals surface area contributed by atoms with Gasteiger partial charge < -0.3 is 0 Å². The number of hydrogen-bond acceptors (Lipinski definition) is 2. The number of rotatable bonds is 2. The van der Waals surface area contributed by atoms with Crippen LogP contribution in [-0.4, -0.2) is 14.2 Å². The highest BCUT2D eigenvalue weighted by Crippen LogP contribution is 2.35. The lowest BCUT2D eigenvalue weighted by atomic mass is 9.78. The van der Waals surface area contributed by atoms with Gasteiger partial charge in [0.1, 0.15) is 0 Å². The maximum absolute atomic E-state index is 12.2. The quantitative estimate of drug-likeness (QED) is 0.697. The first-order valence-corrected chi connectivity index (χ1v) is 6.45. The topological polar surface area (TPSA) is 39.3 Å². The number of pyridine rings is 1. The zero-order chi connectivity index (χ0) is 12.8. The van der Waals surface area contributed by atoms with Crippen LogP contribution in [0.25, 0.3) is 5.65 Å². The van der Waals surface area contributed by atoms with Crippen LogP contribution in [0.5, 0.6) is 0 Å². The first kappa shape index (κ1) is 10.6. The Morgan fingerprint density at radius 3 is 2.84 bits per heavy atom. The summed E-state index contributed by atoms with van der Waals surface area (Å²) in [6.07, 6.45) is 2.80. The highest BCUT2D eigenvalue weighted by molar-refractivity contribution is 5.40. The van der Waals surface area contributed by atoms with Crippen molar-refractivity contribution >= 4 is 5.65 Å². The molecule has 0 saturated carbocycles. The van der Waals surface area contributed by atoms with Gasteiger partial charge in [-0.3, -0.25) is 4.40 Å². The molecule has 0 amide bonds. The van der Waals surface area contributed by atoms with Gasteiger partial charge in [0.05, 0.1) is 6.54 Å². The standard InChI is InChI=1S/C15H13N3O/c19-15-17-8-4-3-7-14(17)16-18(15)10-12-9-11-5-1-2-6-13(11)12/h1-8,12H,9-10H2. The third-order valence-electron chi connectivity index (χ3n) is 3.84. The molecule has 0 fully saturated rings. The van der Waals surface area contributed by atoms with Crippen LogP contribution in [0.3, 0.4) is 0 Å². The van der Waals surface area contributed by atoms with E-state index in [0.717, 1.165) is 6.42 Å². The molecular weight excluding hydrogens is 238 g/mol. The molecule has 4 nitrogen and oxygen atoms in total. The lowest BCUT2D eigenvalue weighted by Gasteiger charge is -2.29. The van der Waals surface area contributed by atoms with Gasteiger partial charge >= 0.3 is 5.69 Å². The van der Waals surface area contributed by atoms with Gasteiger partial charge in [0.2, 0.25) is 0 Å². The van der Waals surface area contributed by atoms with Crippen molar-refractivity contribution in [3.63, 3.8) is 0 Å². The molecule has 2 heterocycles. The maximum Gasteiger partial charge on any atom is 0.350 e. The van der Waals surface area contributed by atoms with E-state index in [0.29, 0.717) is 18.1 Å². The van der Waals surface area contributed by atoms with Crippen LogP contribution in [0.1, 0.15) is 17.0 Å². The Balaban J connectivity index is 1.71. The summed E-state index contributed by atoms with van der Waals surface area (Å²) in [6.45, 7) is 0.664. The molecule has 1 aliphatic carbocycles. The highest BCUT2D eigenvalue weighted by Gasteiger charge is 2.26. The monoisotopic (exact) mass is 251 g/mol. The Kier molecular flexibility index (Phi) is 2.12. The fourth-order valence-electron chi connectivity index (χ4n) is 2.82. The van der Waals surface area contributed by atoms with Crippen LogP contribution in [0, 0.1) is 0 Å². The fourth-order valence-corrected chi connectivity index (χ4v) is 2.82. The van der Waals surface area contributed by atoms with Crippen molar-refractivity contribution in [1.29, 1.82) is 0 Å². The summed E-state index contributed by atoms with van der Waals surface area (Å²) < 4.78 is 3.17. The van der Waals surface area contributed by atoms with Gasteiger partial charge in [-0.2, -0.15) is 0 Å². The van der Waals surface area contributed by atoms with Crippen LogP contribution < -0.4 is 5.69 Å². The SMILES string of the molecule is O=c1n(CC2Cc3ccccc32)nc2ccccn12. The number of benzene rings is 1. The summed E-state index contributed by atoms with van der Waals surface area (Å²) in [7, 11) is 0. The minimum Gasteiger partial charge on any atom is -0.250 e. The number of hydrogen-bond donors (Lipinski definition) is 0. The summed E-state index contributed by atoms with van der Waals surface area (Å²) in [5, 5.41) is 4.37. The average molecular weight is 251 g/mol. The number of aromatic nitrogens is 3.